The molecule has 0 saturated carbocycles. The lowest BCUT2D eigenvalue weighted by molar-refractivity contribution is 0.743. The van der Waals surface area contributed by atoms with Gasteiger partial charge in [0.25, 0.3) is 0 Å². The summed E-state index contributed by atoms with van der Waals surface area (Å²) >= 11 is 0. The molecule has 2 rings (SSSR count). The summed E-state index contributed by atoms with van der Waals surface area (Å²) in [6.07, 6.45) is 5.48. The van der Waals surface area contributed by atoms with Crippen LogP contribution in [-0.2, 0) is 0 Å². The maximum atomic E-state index is 5.05. The molecule has 2 aromatic carbocycles. The second kappa shape index (κ2) is 10.2. The highest BCUT2D eigenvalue weighted by Crippen LogP contribution is 2.22. The van der Waals surface area contributed by atoms with Crippen LogP contribution in [0.4, 0.5) is 11.4 Å². The van der Waals surface area contributed by atoms with Crippen LogP contribution in [0.2, 0.25) is 0 Å². The van der Waals surface area contributed by atoms with Crippen molar-refractivity contribution in [2.75, 3.05) is 0 Å². The molecular formula is C25H34N2. The third kappa shape index (κ3) is 6.78. The molecule has 0 amide bonds. The smallest absolute Gasteiger partial charge is 0.0639 e. The Bertz CT molecular complexity index is 788. The lowest BCUT2D eigenvalue weighted by Crippen LogP contribution is -2.13. The third-order valence-electron chi connectivity index (χ3n) is 4.63. The average Bonchev–Trinajstić information content (AvgIpc) is 2.57. The van der Waals surface area contributed by atoms with E-state index in [1.165, 1.54) is 35.1 Å². The number of aliphatic imine (C=N–C) groups is 2. The predicted molar refractivity (Wildman–Crippen MR) is 120 cm³/mol. The van der Waals surface area contributed by atoms with E-state index >= 15 is 0 Å². The van der Waals surface area contributed by atoms with Gasteiger partial charge in [0.2, 0.25) is 0 Å². The highest BCUT2D eigenvalue weighted by molar-refractivity contribution is 6.43. The highest BCUT2D eigenvalue weighted by atomic mass is 14.8. The molecule has 144 valence electrons. The van der Waals surface area contributed by atoms with Crippen molar-refractivity contribution in [3.05, 3.63) is 58.7 Å². The molecule has 0 aliphatic carbocycles. The Hall–Kier alpha value is -2.22. The van der Waals surface area contributed by atoms with Crippen LogP contribution in [0.3, 0.4) is 0 Å². The second-order valence-corrected chi connectivity index (χ2v) is 7.62. The van der Waals surface area contributed by atoms with Crippen LogP contribution in [0.5, 0.6) is 0 Å². The first-order valence-corrected chi connectivity index (χ1v) is 10.2. The SMILES string of the molecule is CCCCCC(=Nc1cc(C)cc(C)c1)C(CC)=Nc1cc(C)cc(C)c1. The van der Waals surface area contributed by atoms with Crippen LogP contribution in [0.15, 0.2) is 46.4 Å². The fraction of sp³-hybridized carbons (Fsp3) is 0.440. The Morgan fingerprint density at radius 3 is 1.48 bits per heavy atom. The van der Waals surface area contributed by atoms with Gasteiger partial charge in [-0.2, -0.15) is 0 Å². The number of hydrogen-bond acceptors (Lipinski definition) is 2. The van der Waals surface area contributed by atoms with Crippen molar-refractivity contribution in [2.24, 2.45) is 9.98 Å². The normalized spacial score (nSPS) is 12.5. The number of nitrogens with zero attached hydrogens (tertiary/aromatic N) is 2. The Morgan fingerprint density at radius 2 is 1.07 bits per heavy atom. The van der Waals surface area contributed by atoms with Crippen LogP contribution in [0, 0.1) is 27.7 Å². The third-order valence-corrected chi connectivity index (χ3v) is 4.63. The standard InChI is InChI=1S/C25H34N2/c1-7-9-10-11-25(27-23-16-20(5)13-21(6)17-23)24(8-2)26-22-14-18(3)12-19(4)15-22/h12-17H,7-11H2,1-6H3. The minimum atomic E-state index is 0.892. The van der Waals surface area contributed by atoms with Crippen molar-refractivity contribution in [3.8, 4) is 0 Å². The van der Waals surface area contributed by atoms with Crippen LogP contribution < -0.4 is 0 Å². The molecule has 0 radical (unpaired) electrons. The first-order valence-electron chi connectivity index (χ1n) is 10.2. The van der Waals surface area contributed by atoms with E-state index in [2.05, 4.69) is 77.9 Å². The molecule has 0 unspecified atom stereocenters. The van der Waals surface area contributed by atoms with Crippen molar-refractivity contribution >= 4 is 22.8 Å². The van der Waals surface area contributed by atoms with E-state index in [4.69, 9.17) is 9.98 Å². The van der Waals surface area contributed by atoms with Gasteiger partial charge in [0.05, 0.1) is 22.8 Å². The zero-order chi connectivity index (χ0) is 19.8. The van der Waals surface area contributed by atoms with Crippen LogP contribution >= 0.6 is 0 Å². The molecule has 0 saturated heterocycles. The van der Waals surface area contributed by atoms with Gasteiger partial charge in [-0.05, 0) is 93.5 Å². The molecule has 2 nitrogen and oxygen atoms in total. The fourth-order valence-electron chi connectivity index (χ4n) is 3.50. The van der Waals surface area contributed by atoms with E-state index in [-0.39, 0.29) is 0 Å². The second-order valence-electron chi connectivity index (χ2n) is 7.62. The van der Waals surface area contributed by atoms with Gasteiger partial charge in [-0.15, -0.1) is 0 Å². The maximum Gasteiger partial charge on any atom is 0.0639 e. The molecule has 0 heterocycles. The number of aryl methyl sites for hydroxylation is 4. The average molecular weight is 363 g/mol. The van der Waals surface area contributed by atoms with Crippen molar-refractivity contribution in [3.63, 3.8) is 0 Å². The molecule has 0 aliphatic rings. The van der Waals surface area contributed by atoms with E-state index in [1.54, 1.807) is 0 Å². The first-order chi connectivity index (χ1) is 12.9. The van der Waals surface area contributed by atoms with Gasteiger partial charge in [-0.3, -0.25) is 9.98 Å². The minimum absolute atomic E-state index is 0.892. The van der Waals surface area contributed by atoms with Gasteiger partial charge in [0, 0.05) is 0 Å². The number of rotatable bonds is 8. The molecule has 2 heteroatoms. The van der Waals surface area contributed by atoms with Gasteiger partial charge in [0.1, 0.15) is 0 Å². The lowest BCUT2D eigenvalue weighted by atomic mass is 10.0. The van der Waals surface area contributed by atoms with Crippen molar-refractivity contribution < 1.29 is 0 Å². The molecule has 0 N–H and O–H groups in total. The summed E-state index contributed by atoms with van der Waals surface area (Å²) in [5.74, 6) is 0. The molecular weight excluding hydrogens is 328 g/mol. The van der Waals surface area contributed by atoms with E-state index in [0.717, 1.165) is 42.1 Å². The fourth-order valence-corrected chi connectivity index (χ4v) is 3.50. The summed E-state index contributed by atoms with van der Waals surface area (Å²) in [6.45, 7) is 12.9. The van der Waals surface area contributed by atoms with E-state index in [9.17, 15) is 0 Å². The Balaban J connectivity index is 2.45. The largest absolute Gasteiger partial charge is 0.252 e. The Kier molecular flexibility index (Phi) is 7.97. The zero-order valence-electron chi connectivity index (χ0n) is 17.9. The highest BCUT2D eigenvalue weighted by Gasteiger charge is 2.09. The maximum absolute atomic E-state index is 5.05. The molecule has 0 spiro atoms. The lowest BCUT2D eigenvalue weighted by Gasteiger charge is -2.11. The molecule has 27 heavy (non-hydrogen) atoms. The predicted octanol–water partition coefficient (Wildman–Crippen LogP) is 7.76. The van der Waals surface area contributed by atoms with Gasteiger partial charge >= 0.3 is 0 Å². The molecule has 2 aromatic rings. The van der Waals surface area contributed by atoms with E-state index in [0.29, 0.717) is 0 Å². The minimum Gasteiger partial charge on any atom is -0.252 e. The quantitative estimate of drug-likeness (QED) is 0.339. The van der Waals surface area contributed by atoms with Gasteiger partial charge < -0.3 is 0 Å². The first kappa shape index (κ1) is 21.1. The number of hydrogen-bond donors (Lipinski definition) is 0. The Morgan fingerprint density at radius 1 is 0.630 bits per heavy atom. The molecule has 0 aliphatic heterocycles. The monoisotopic (exact) mass is 362 g/mol. The summed E-state index contributed by atoms with van der Waals surface area (Å²) < 4.78 is 0. The molecule has 0 fully saturated rings. The topological polar surface area (TPSA) is 24.7 Å². The van der Waals surface area contributed by atoms with Crippen molar-refractivity contribution in [1.82, 2.24) is 0 Å². The number of benzene rings is 2. The Labute approximate surface area is 165 Å². The van der Waals surface area contributed by atoms with E-state index in [1.807, 2.05) is 0 Å². The van der Waals surface area contributed by atoms with Crippen molar-refractivity contribution in [1.29, 1.82) is 0 Å². The van der Waals surface area contributed by atoms with Crippen LogP contribution in [0.1, 0.15) is 68.2 Å². The molecule has 0 aromatic heterocycles. The summed E-state index contributed by atoms with van der Waals surface area (Å²) in [7, 11) is 0. The summed E-state index contributed by atoms with van der Waals surface area (Å²) in [6, 6.07) is 13.0. The molecule has 0 atom stereocenters. The van der Waals surface area contributed by atoms with Gasteiger partial charge in [-0.25, -0.2) is 0 Å². The van der Waals surface area contributed by atoms with E-state index < -0.39 is 0 Å². The summed E-state index contributed by atoms with van der Waals surface area (Å²) in [4.78, 5) is 10.1. The van der Waals surface area contributed by atoms with Crippen LogP contribution in [0.25, 0.3) is 0 Å². The summed E-state index contributed by atoms with van der Waals surface area (Å²) in [5.41, 5.74) is 9.33. The van der Waals surface area contributed by atoms with Crippen molar-refractivity contribution in [2.45, 2.75) is 73.6 Å². The van der Waals surface area contributed by atoms with Gasteiger partial charge in [0.15, 0.2) is 0 Å². The molecule has 0 bridgehead atoms. The zero-order valence-corrected chi connectivity index (χ0v) is 17.9. The summed E-state index contributed by atoms with van der Waals surface area (Å²) in [5, 5.41) is 0. The van der Waals surface area contributed by atoms with Gasteiger partial charge in [-0.1, -0.05) is 38.8 Å². The van der Waals surface area contributed by atoms with Crippen LogP contribution in [-0.4, -0.2) is 11.4 Å². The number of unbranched alkanes of at least 4 members (excludes halogenated alkanes) is 2.